The maximum atomic E-state index is 12.4. The molecule has 0 bridgehead atoms. The smallest absolute Gasteiger partial charge is 0.356 e. The second-order valence-electron chi connectivity index (χ2n) is 5.00. The number of hydrogen-bond donors (Lipinski definition) is 2. The number of guanidine groups is 1. The number of benzene rings is 1. The van der Waals surface area contributed by atoms with E-state index >= 15 is 0 Å². The first-order chi connectivity index (χ1) is 10.6. The fourth-order valence-corrected chi connectivity index (χ4v) is 2.23. The van der Waals surface area contributed by atoms with E-state index in [0.717, 1.165) is 24.0 Å². The van der Waals surface area contributed by atoms with Gasteiger partial charge in [-0.3, -0.25) is 4.99 Å². The highest BCUT2D eigenvalue weighted by Gasteiger charge is 2.29. The van der Waals surface area contributed by atoms with Crippen molar-refractivity contribution in [3.05, 3.63) is 35.4 Å². The summed E-state index contributed by atoms with van der Waals surface area (Å²) in [5.74, 6) is 0.438. The monoisotopic (exact) mass is 479 g/mol. The summed E-state index contributed by atoms with van der Waals surface area (Å²) in [6.45, 7) is 0.697. The van der Waals surface area contributed by atoms with Crippen LogP contribution in [0.4, 0.5) is 13.2 Å². The first-order valence-corrected chi connectivity index (χ1v) is 8.96. The maximum Gasteiger partial charge on any atom is 0.416 e. The molecule has 0 unspecified atom stereocenters. The number of rotatable bonds is 6. The van der Waals surface area contributed by atoms with Gasteiger partial charge in [0.2, 0.25) is 0 Å². The standard InChI is InChI=1S/C14H20F3N3O2S.HI/c1-18-13(20-9-10-23(2,21)22)19-8-7-11-3-5-12(6-4-11)14(15,16)17;/h3-6H,7-10H2,1-2H3,(H2,18,19,20);1H. The van der Waals surface area contributed by atoms with Crippen molar-refractivity contribution < 1.29 is 21.6 Å². The highest BCUT2D eigenvalue weighted by atomic mass is 127. The Morgan fingerprint density at radius 3 is 2.12 bits per heavy atom. The third kappa shape index (κ3) is 9.30. The molecule has 0 aliphatic carbocycles. The summed E-state index contributed by atoms with van der Waals surface area (Å²) in [6, 6.07) is 4.97. The number of alkyl halides is 3. The van der Waals surface area contributed by atoms with Gasteiger partial charge in [0.25, 0.3) is 0 Å². The number of sulfone groups is 1. The molecule has 1 aromatic rings. The van der Waals surface area contributed by atoms with E-state index in [4.69, 9.17) is 0 Å². The minimum atomic E-state index is -4.33. The van der Waals surface area contributed by atoms with Crippen molar-refractivity contribution >= 4 is 39.8 Å². The predicted octanol–water partition coefficient (Wildman–Crippen LogP) is 2.08. The second kappa shape index (κ2) is 10.1. The minimum absolute atomic E-state index is 0. The van der Waals surface area contributed by atoms with Crippen LogP contribution in [0, 0.1) is 0 Å². The van der Waals surface area contributed by atoms with Crippen molar-refractivity contribution in [2.24, 2.45) is 4.99 Å². The molecule has 5 nitrogen and oxygen atoms in total. The average Bonchev–Trinajstić information content (AvgIpc) is 2.44. The fourth-order valence-electron chi connectivity index (χ4n) is 1.76. The first kappa shape index (κ1) is 23.0. The van der Waals surface area contributed by atoms with Crippen LogP contribution in [0.2, 0.25) is 0 Å². The van der Waals surface area contributed by atoms with E-state index in [1.54, 1.807) is 7.05 Å². The molecule has 1 aromatic carbocycles. The Hall–Kier alpha value is -1.04. The highest BCUT2D eigenvalue weighted by Crippen LogP contribution is 2.29. The van der Waals surface area contributed by atoms with Crippen molar-refractivity contribution in [2.45, 2.75) is 12.6 Å². The van der Waals surface area contributed by atoms with Crippen molar-refractivity contribution in [3.8, 4) is 0 Å². The van der Waals surface area contributed by atoms with E-state index < -0.39 is 21.6 Å². The van der Waals surface area contributed by atoms with Gasteiger partial charge in [0.05, 0.1) is 11.3 Å². The van der Waals surface area contributed by atoms with Crippen molar-refractivity contribution in [1.29, 1.82) is 0 Å². The van der Waals surface area contributed by atoms with Crippen molar-refractivity contribution in [1.82, 2.24) is 10.6 Å². The lowest BCUT2D eigenvalue weighted by molar-refractivity contribution is -0.137. The van der Waals surface area contributed by atoms with E-state index in [9.17, 15) is 21.6 Å². The van der Waals surface area contributed by atoms with Crippen LogP contribution in [0.15, 0.2) is 29.3 Å². The molecule has 0 saturated heterocycles. The van der Waals surface area contributed by atoms with Gasteiger partial charge in [-0.25, -0.2) is 8.42 Å². The zero-order valence-corrected chi connectivity index (χ0v) is 16.5. The summed E-state index contributed by atoms with van der Waals surface area (Å²) in [6.07, 6.45) is -2.66. The van der Waals surface area contributed by atoms with Gasteiger partial charge in [0.1, 0.15) is 9.84 Å². The van der Waals surface area contributed by atoms with E-state index in [1.807, 2.05) is 0 Å². The summed E-state index contributed by atoms with van der Waals surface area (Å²) in [7, 11) is -1.50. The van der Waals surface area contributed by atoms with Crippen LogP contribution in [0.1, 0.15) is 11.1 Å². The molecular weight excluding hydrogens is 458 g/mol. The Morgan fingerprint density at radius 2 is 1.67 bits per heavy atom. The molecule has 138 valence electrons. The lowest BCUT2D eigenvalue weighted by Gasteiger charge is -2.12. The molecule has 1 rings (SSSR count). The van der Waals surface area contributed by atoms with Crippen LogP contribution in [-0.4, -0.2) is 46.5 Å². The van der Waals surface area contributed by atoms with Gasteiger partial charge in [0.15, 0.2) is 5.96 Å². The molecule has 0 spiro atoms. The lowest BCUT2D eigenvalue weighted by atomic mass is 10.1. The molecule has 0 radical (unpaired) electrons. The third-order valence-electron chi connectivity index (χ3n) is 2.98. The average molecular weight is 479 g/mol. The van der Waals surface area contributed by atoms with Crippen LogP contribution < -0.4 is 10.6 Å². The van der Waals surface area contributed by atoms with Crippen molar-refractivity contribution in [2.75, 3.05) is 32.1 Å². The summed E-state index contributed by atoms with van der Waals surface area (Å²) in [4.78, 5) is 3.94. The summed E-state index contributed by atoms with van der Waals surface area (Å²) in [5.41, 5.74) is 0.0875. The SMILES string of the molecule is CN=C(NCCc1ccc(C(F)(F)F)cc1)NCCS(C)(=O)=O.I. The molecule has 0 heterocycles. The zero-order chi connectivity index (χ0) is 17.5. The van der Waals surface area contributed by atoms with E-state index in [1.165, 1.54) is 12.1 Å². The minimum Gasteiger partial charge on any atom is -0.356 e. The van der Waals surface area contributed by atoms with Gasteiger partial charge in [-0.2, -0.15) is 13.2 Å². The zero-order valence-electron chi connectivity index (χ0n) is 13.4. The lowest BCUT2D eigenvalue weighted by Crippen LogP contribution is -2.40. The third-order valence-corrected chi connectivity index (χ3v) is 3.92. The number of aliphatic imine (C=N–C) groups is 1. The Kier molecular flexibility index (Phi) is 9.63. The maximum absolute atomic E-state index is 12.4. The normalized spacial score (nSPS) is 12.5. The summed E-state index contributed by atoms with van der Waals surface area (Å²) in [5, 5.41) is 5.82. The Morgan fingerprint density at radius 1 is 1.12 bits per heavy atom. The van der Waals surface area contributed by atoms with E-state index in [2.05, 4.69) is 15.6 Å². The van der Waals surface area contributed by atoms with Crippen LogP contribution >= 0.6 is 24.0 Å². The Labute approximate surface area is 157 Å². The molecule has 0 aliphatic heterocycles. The van der Waals surface area contributed by atoms with Gasteiger partial charge in [-0.1, -0.05) is 12.1 Å². The molecule has 0 saturated carbocycles. The molecule has 10 heteroatoms. The molecular formula is C14H21F3IN3O2S. The highest BCUT2D eigenvalue weighted by molar-refractivity contribution is 14.0. The first-order valence-electron chi connectivity index (χ1n) is 6.90. The van der Waals surface area contributed by atoms with Crippen LogP contribution in [-0.2, 0) is 22.4 Å². The number of nitrogens with one attached hydrogen (secondary N) is 2. The molecule has 0 atom stereocenters. The Balaban J connectivity index is 0.00000529. The van der Waals surface area contributed by atoms with Gasteiger partial charge in [0, 0.05) is 26.4 Å². The van der Waals surface area contributed by atoms with Crippen LogP contribution in [0.25, 0.3) is 0 Å². The van der Waals surface area contributed by atoms with Gasteiger partial charge in [-0.15, -0.1) is 24.0 Å². The van der Waals surface area contributed by atoms with Crippen molar-refractivity contribution in [3.63, 3.8) is 0 Å². The van der Waals surface area contributed by atoms with Crippen LogP contribution in [0.5, 0.6) is 0 Å². The number of hydrogen-bond acceptors (Lipinski definition) is 3. The molecule has 0 aromatic heterocycles. The number of nitrogens with zero attached hydrogens (tertiary/aromatic N) is 1. The molecule has 2 N–H and O–H groups in total. The second-order valence-corrected chi connectivity index (χ2v) is 7.26. The topological polar surface area (TPSA) is 70.6 Å². The largest absolute Gasteiger partial charge is 0.416 e. The molecule has 24 heavy (non-hydrogen) atoms. The summed E-state index contributed by atoms with van der Waals surface area (Å²) >= 11 is 0. The molecule has 0 aliphatic rings. The predicted molar refractivity (Wildman–Crippen MR) is 99.6 cm³/mol. The van der Waals surface area contributed by atoms with Crippen LogP contribution in [0.3, 0.4) is 0 Å². The molecule has 0 amide bonds. The van der Waals surface area contributed by atoms with Gasteiger partial charge in [-0.05, 0) is 24.1 Å². The number of halogens is 4. The summed E-state index contributed by atoms with van der Waals surface area (Å²) < 4.78 is 59.4. The van der Waals surface area contributed by atoms with Gasteiger partial charge >= 0.3 is 6.18 Å². The van der Waals surface area contributed by atoms with E-state index in [-0.39, 0.29) is 36.3 Å². The fraction of sp³-hybridized carbons (Fsp3) is 0.500. The molecule has 0 fully saturated rings. The quantitative estimate of drug-likeness (QED) is 0.373. The Bertz CT molecular complexity index is 632. The van der Waals surface area contributed by atoms with Gasteiger partial charge < -0.3 is 10.6 Å². The van der Waals surface area contributed by atoms with E-state index in [0.29, 0.717) is 18.9 Å².